The zero-order chi connectivity index (χ0) is 18.1. The predicted molar refractivity (Wildman–Crippen MR) is 97.7 cm³/mol. The number of hydrogen-bond donors (Lipinski definition) is 0. The Hall–Kier alpha value is -1.27. The lowest BCUT2D eigenvalue weighted by molar-refractivity contribution is 0.101. The average molecular weight is 353 g/mol. The molecule has 0 N–H and O–H groups in total. The van der Waals surface area contributed by atoms with Gasteiger partial charge in [-0.15, -0.1) is 0 Å². The first-order chi connectivity index (χ1) is 11.0. The van der Waals surface area contributed by atoms with Gasteiger partial charge >= 0.3 is 0 Å². The topological polar surface area (TPSA) is 42.4 Å². The maximum atomic E-state index is 13.9. The fourth-order valence-corrected chi connectivity index (χ4v) is 3.67. The van der Waals surface area contributed by atoms with Crippen LogP contribution in [0.4, 0.5) is 10.2 Å². The van der Waals surface area contributed by atoms with Crippen molar-refractivity contribution >= 4 is 19.9 Å². The van der Waals surface area contributed by atoms with Crippen molar-refractivity contribution in [2.75, 3.05) is 24.6 Å². The molecule has 4 nitrogen and oxygen atoms in total. The summed E-state index contributed by atoms with van der Waals surface area (Å²) >= 11 is 0. The molecule has 1 saturated heterocycles. The third-order valence-corrected chi connectivity index (χ3v) is 9.81. The Balaban J connectivity index is 1.96. The molecule has 0 unspecified atom stereocenters. The summed E-state index contributed by atoms with van der Waals surface area (Å²) in [6.07, 6.45) is 1.02. The van der Waals surface area contributed by atoms with Crippen LogP contribution < -0.4 is 4.90 Å². The summed E-state index contributed by atoms with van der Waals surface area (Å²) in [7, 11) is -1.73. The average Bonchev–Trinajstić information content (AvgIpc) is 2.92. The Bertz CT molecular complexity index is 614. The van der Waals surface area contributed by atoms with E-state index in [1.807, 2.05) is 0 Å². The van der Waals surface area contributed by atoms with Crippen molar-refractivity contribution in [1.29, 1.82) is 0 Å². The summed E-state index contributed by atoms with van der Waals surface area (Å²) in [6, 6.07) is 3.26. The number of pyridine rings is 1. The summed E-state index contributed by atoms with van der Waals surface area (Å²) in [4.78, 5) is 17.3. The quantitative estimate of drug-likeness (QED) is 0.451. The Morgan fingerprint density at radius 2 is 2.08 bits per heavy atom. The Morgan fingerprint density at radius 3 is 2.62 bits per heavy atom. The van der Waals surface area contributed by atoms with Gasteiger partial charge in [0, 0.05) is 25.6 Å². The van der Waals surface area contributed by atoms with Gasteiger partial charge in [-0.1, -0.05) is 20.8 Å². The van der Waals surface area contributed by atoms with Crippen LogP contribution in [0.2, 0.25) is 18.1 Å². The van der Waals surface area contributed by atoms with E-state index in [1.165, 1.54) is 13.0 Å². The normalized spacial score (nSPS) is 19.0. The van der Waals surface area contributed by atoms with Crippen molar-refractivity contribution in [3.05, 3.63) is 23.6 Å². The third-order valence-electron chi connectivity index (χ3n) is 5.31. The molecule has 0 bridgehead atoms. The van der Waals surface area contributed by atoms with Gasteiger partial charge in [-0.3, -0.25) is 4.79 Å². The smallest absolute Gasteiger partial charge is 0.225 e. The van der Waals surface area contributed by atoms with E-state index in [9.17, 15) is 9.18 Å². The van der Waals surface area contributed by atoms with Crippen LogP contribution >= 0.6 is 0 Å². The fourth-order valence-electron chi connectivity index (χ4n) is 2.58. The number of Topliss-reactive ketones (excluding diaryl/α,β-unsaturated/α-hetero) is 1. The summed E-state index contributed by atoms with van der Waals surface area (Å²) < 4.78 is 20.2. The highest BCUT2D eigenvalue weighted by atomic mass is 28.4. The van der Waals surface area contributed by atoms with Crippen LogP contribution in [-0.4, -0.2) is 38.8 Å². The maximum absolute atomic E-state index is 13.9. The molecule has 1 aromatic rings. The maximum Gasteiger partial charge on any atom is 0.225 e. The van der Waals surface area contributed by atoms with Gasteiger partial charge < -0.3 is 9.33 Å². The van der Waals surface area contributed by atoms with E-state index < -0.39 is 14.3 Å². The van der Waals surface area contributed by atoms with E-state index in [2.05, 4.69) is 43.7 Å². The third kappa shape index (κ3) is 4.22. The monoisotopic (exact) mass is 352 g/mol. The lowest BCUT2D eigenvalue weighted by Crippen LogP contribution is -2.42. The van der Waals surface area contributed by atoms with Crippen molar-refractivity contribution in [3.63, 3.8) is 0 Å². The molecule has 0 aromatic carbocycles. The highest BCUT2D eigenvalue weighted by Gasteiger charge is 2.38. The van der Waals surface area contributed by atoms with Crippen LogP contribution in [0.1, 0.15) is 44.5 Å². The molecule has 1 fully saturated rings. The second-order valence-electron chi connectivity index (χ2n) is 8.24. The second-order valence-corrected chi connectivity index (χ2v) is 13.0. The summed E-state index contributed by atoms with van der Waals surface area (Å²) in [5.74, 6) is 0.0680. The van der Waals surface area contributed by atoms with E-state index in [1.54, 1.807) is 6.07 Å². The molecule has 24 heavy (non-hydrogen) atoms. The minimum Gasteiger partial charge on any atom is -0.416 e. The Labute approximate surface area is 145 Å². The zero-order valence-corrected chi connectivity index (χ0v) is 16.6. The fraction of sp³-hybridized carbons (Fsp3) is 0.667. The first-order valence-electron chi connectivity index (χ1n) is 8.57. The van der Waals surface area contributed by atoms with E-state index in [0.29, 0.717) is 11.7 Å². The van der Waals surface area contributed by atoms with Crippen molar-refractivity contribution in [3.8, 4) is 0 Å². The minimum absolute atomic E-state index is 0.0516. The molecule has 1 aromatic heterocycles. The summed E-state index contributed by atoms with van der Waals surface area (Å²) in [5, 5.41) is 0.207. The van der Waals surface area contributed by atoms with Gasteiger partial charge in [-0.25, -0.2) is 4.98 Å². The molecule has 6 heteroatoms. The van der Waals surface area contributed by atoms with E-state index in [-0.39, 0.29) is 16.4 Å². The SMILES string of the molecule is CC(=O)c1ccc(N2CC[C@H](CO[Si](C)(C)C(C)(C)C)C2)nc1F. The van der Waals surface area contributed by atoms with Crippen molar-refractivity contribution in [2.45, 2.75) is 52.2 Å². The lowest BCUT2D eigenvalue weighted by Gasteiger charge is -2.37. The number of carbonyl (C=O) groups is 1. The zero-order valence-electron chi connectivity index (χ0n) is 15.6. The van der Waals surface area contributed by atoms with Crippen molar-refractivity contribution in [1.82, 2.24) is 4.98 Å². The molecule has 0 amide bonds. The molecule has 134 valence electrons. The molecule has 1 aliphatic heterocycles. The minimum atomic E-state index is -1.73. The van der Waals surface area contributed by atoms with Crippen LogP contribution in [0, 0.1) is 11.9 Å². The van der Waals surface area contributed by atoms with E-state index in [0.717, 1.165) is 26.1 Å². The van der Waals surface area contributed by atoms with Gasteiger partial charge in [0.15, 0.2) is 14.1 Å². The number of nitrogens with zero attached hydrogens (tertiary/aromatic N) is 2. The number of carbonyl (C=O) groups excluding carboxylic acids is 1. The van der Waals surface area contributed by atoms with Gasteiger partial charge in [-0.05, 0) is 43.6 Å². The van der Waals surface area contributed by atoms with Crippen LogP contribution in [0.15, 0.2) is 12.1 Å². The van der Waals surface area contributed by atoms with E-state index in [4.69, 9.17) is 4.43 Å². The largest absolute Gasteiger partial charge is 0.416 e. The highest BCUT2D eigenvalue weighted by molar-refractivity contribution is 6.74. The Kier molecular flexibility index (Phi) is 5.49. The number of halogens is 1. The number of ketones is 1. The number of rotatable bonds is 5. The summed E-state index contributed by atoms with van der Waals surface area (Å²) in [5.41, 5.74) is 0.0516. The first kappa shape index (κ1) is 19.1. The van der Waals surface area contributed by atoms with Crippen LogP contribution in [0.5, 0.6) is 0 Å². The molecule has 2 rings (SSSR count). The van der Waals surface area contributed by atoms with Crippen LogP contribution in [0.3, 0.4) is 0 Å². The molecule has 0 spiro atoms. The second kappa shape index (κ2) is 6.92. The van der Waals surface area contributed by atoms with Crippen LogP contribution in [-0.2, 0) is 4.43 Å². The van der Waals surface area contributed by atoms with Gasteiger partial charge in [-0.2, -0.15) is 4.39 Å². The highest BCUT2D eigenvalue weighted by Crippen LogP contribution is 2.37. The number of aromatic nitrogens is 1. The molecule has 1 aliphatic rings. The molecule has 1 atom stereocenters. The van der Waals surface area contributed by atoms with Gasteiger partial charge in [0.2, 0.25) is 5.95 Å². The number of anilines is 1. The molecule has 0 saturated carbocycles. The Morgan fingerprint density at radius 1 is 1.42 bits per heavy atom. The van der Waals surface area contributed by atoms with Gasteiger partial charge in [0.25, 0.3) is 0 Å². The first-order valence-corrected chi connectivity index (χ1v) is 11.5. The molecular formula is C18H29FN2O2Si. The van der Waals surface area contributed by atoms with Gasteiger partial charge in [0.05, 0.1) is 5.56 Å². The predicted octanol–water partition coefficient (Wildman–Crippen LogP) is 4.27. The molecule has 0 aliphatic carbocycles. The number of hydrogen-bond acceptors (Lipinski definition) is 4. The van der Waals surface area contributed by atoms with Crippen LogP contribution in [0.25, 0.3) is 0 Å². The van der Waals surface area contributed by atoms with E-state index >= 15 is 0 Å². The van der Waals surface area contributed by atoms with Crippen molar-refractivity contribution < 1.29 is 13.6 Å². The molecule has 2 heterocycles. The molecule has 0 radical (unpaired) electrons. The standard InChI is InChI=1S/C18H29FN2O2Si/c1-13(22)15-7-8-16(20-17(15)19)21-10-9-14(11-21)12-23-24(5,6)18(2,3)4/h7-8,14H,9-12H2,1-6H3/t14-/m0/s1. The van der Waals surface area contributed by atoms with Gasteiger partial charge in [0.1, 0.15) is 5.82 Å². The van der Waals surface area contributed by atoms with Crippen molar-refractivity contribution in [2.24, 2.45) is 5.92 Å². The molecular weight excluding hydrogens is 323 g/mol. The summed E-state index contributed by atoms with van der Waals surface area (Å²) in [6.45, 7) is 15.0. The lowest BCUT2D eigenvalue weighted by atomic mass is 10.1.